The molecule has 208 valence electrons. The quantitative estimate of drug-likeness (QED) is 0.158. The Kier molecular flexibility index (Phi) is 10.7. The molecule has 0 saturated carbocycles. The van der Waals surface area contributed by atoms with Crippen LogP contribution >= 0.6 is 11.6 Å². The zero-order valence-corrected chi connectivity index (χ0v) is 23.9. The molecule has 1 heterocycles. The monoisotopic (exact) mass is 571 g/mol. The number of fused-ring (bicyclic) bond motifs is 1. The standard InChI is InChI=1S/C22H26ClN3O2.C7H8O3S/c1-25-19-11-10-17(15-20(19)26(2)22(25)28)21(27)9-5-6-13-24-14-12-16-7-3-4-8-18(16)23;1-6-2-4-7(5-3-6)11(8,9)10/h3-4,7-8,10-11,15,24H,5-6,9,12-14H2,1-2H3;2-5H,1H3,(H,8,9,10). The summed E-state index contributed by atoms with van der Waals surface area (Å²) >= 11 is 6.15. The van der Waals surface area contributed by atoms with Gasteiger partial charge in [0.15, 0.2) is 5.78 Å². The lowest BCUT2D eigenvalue weighted by molar-refractivity contribution is 0.0979. The van der Waals surface area contributed by atoms with Gasteiger partial charge < -0.3 is 5.32 Å². The molecule has 0 radical (unpaired) electrons. The number of unbranched alkanes of at least 4 members (excludes halogenated alkanes) is 1. The van der Waals surface area contributed by atoms with Crippen LogP contribution < -0.4 is 11.0 Å². The summed E-state index contributed by atoms with van der Waals surface area (Å²) in [5, 5.41) is 4.21. The minimum absolute atomic E-state index is 0.0666. The van der Waals surface area contributed by atoms with E-state index in [0.717, 1.165) is 59.5 Å². The molecule has 0 spiro atoms. The van der Waals surface area contributed by atoms with Gasteiger partial charge in [-0.2, -0.15) is 8.42 Å². The second-order valence-corrected chi connectivity index (χ2v) is 11.2. The van der Waals surface area contributed by atoms with Crippen molar-refractivity contribution in [2.24, 2.45) is 14.1 Å². The summed E-state index contributed by atoms with van der Waals surface area (Å²) in [4.78, 5) is 24.4. The predicted molar refractivity (Wildman–Crippen MR) is 155 cm³/mol. The van der Waals surface area contributed by atoms with Crippen molar-refractivity contribution in [3.63, 3.8) is 0 Å². The van der Waals surface area contributed by atoms with Crippen molar-refractivity contribution in [3.8, 4) is 0 Å². The fourth-order valence-corrected chi connectivity index (χ4v) is 4.83. The van der Waals surface area contributed by atoms with Gasteiger partial charge in [-0.3, -0.25) is 18.5 Å². The van der Waals surface area contributed by atoms with Gasteiger partial charge in [-0.1, -0.05) is 47.5 Å². The highest BCUT2D eigenvalue weighted by atomic mass is 35.5. The molecular formula is C29H34ClN3O5S. The van der Waals surface area contributed by atoms with E-state index in [1.165, 1.54) is 12.1 Å². The second kappa shape index (κ2) is 13.7. The van der Waals surface area contributed by atoms with Crippen molar-refractivity contribution in [1.29, 1.82) is 0 Å². The predicted octanol–water partition coefficient (Wildman–Crippen LogP) is 4.96. The highest BCUT2D eigenvalue weighted by Gasteiger charge is 2.12. The minimum Gasteiger partial charge on any atom is -0.316 e. The van der Waals surface area contributed by atoms with Crippen LogP contribution in [0, 0.1) is 6.92 Å². The maximum atomic E-state index is 12.5. The van der Waals surface area contributed by atoms with Crippen LogP contribution in [0.3, 0.4) is 0 Å². The highest BCUT2D eigenvalue weighted by Crippen LogP contribution is 2.17. The molecule has 39 heavy (non-hydrogen) atoms. The van der Waals surface area contributed by atoms with Crippen molar-refractivity contribution < 1.29 is 17.8 Å². The van der Waals surface area contributed by atoms with E-state index >= 15 is 0 Å². The van der Waals surface area contributed by atoms with Crippen molar-refractivity contribution in [2.75, 3.05) is 13.1 Å². The van der Waals surface area contributed by atoms with Crippen LogP contribution in [0.25, 0.3) is 11.0 Å². The summed E-state index contributed by atoms with van der Waals surface area (Å²) in [6.45, 7) is 3.59. The molecule has 1 aromatic heterocycles. The fraction of sp³-hybridized carbons (Fsp3) is 0.310. The number of ketones is 1. The Hall–Kier alpha value is -3.24. The third-order valence-electron chi connectivity index (χ3n) is 6.45. The molecule has 8 nitrogen and oxygen atoms in total. The van der Waals surface area contributed by atoms with Gasteiger partial charge in [-0.25, -0.2) is 4.79 Å². The average Bonchev–Trinajstić information content (AvgIpc) is 3.12. The molecule has 0 amide bonds. The topological polar surface area (TPSA) is 110 Å². The molecule has 3 aromatic carbocycles. The van der Waals surface area contributed by atoms with Crippen LogP contribution in [0.15, 0.2) is 76.4 Å². The first-order chi connectivity index (χ1) is 18.5. The molecule has 0 aliphatic rings. The molecule has 0 unspecified atom stereocenters. The van der Waals surface area contributed by atoms with E-state index in [1.54, 1.807) is 35.4 Å². The van der Waals surface area contributed by atoms with Gasteiger partial charge >= 0.3 is 5.69 Å². The molecule has 0 atom stereocenters. The molecule has 4 rings (SSSR count). The van der Waals surface area contributed by atoms with Crippen LogP contribution in [0.4, 0.5) is 0 Å². The molecule has 2 N–H and O–H groups in total. The van der Waals surface area contributed by atoms with E-state index in [9.17, 15) is 18.0 Å². The average molecular weight is 572 g/mol. The fourth-order valence-electron chi connectivity index (χ4n) is 4.12. The van der Waals surface area contributed by atoms with E-state index in [1.807, 2.05) is 49.4 Å². The molecular weight excluding hydrogens is 538 g/mol. The van der Waals surface area contributed by atoms with Crippen molar-refractivity contribution in [2.45, 2.75) is 37.5 Å². The first kappa shape index (κ1) is 30.3. The summed E-state index contributed by atoms with van der Waals surface area (Å²) in [7, 11) is -0.549. The number of hydrogen-bond donors (Lipinski definition) is 2. The number of nitrogens with one attached hydrogen (secondary N) is 1. The number of nitrogens with zero attached hydrogens (tertiary/aromatic N) is 2. The summed E-state index contributed by atoms with van der Waals surface area (Å²) < 4.78 is 32.7. The molecule has 0 aliphatic carbocycles. The first-order valence-electron chi connectivity index (χ1n) is 12.7. The summed E-state index contributed by atoms with van der Waals surface area (Å²) in [5.74, 6) is 0.120. The SMILES string of the molecule is Cc1ccc(S(=O)(=O)O)cc1.Cn1c(=O)n(C)c2cc(C(=O)CCCCNCCc3ccccc3Cl)ccc21. The van der Waals surface area contributed by atoms with Gasteiger partial charge in [0.05, 0.1) is 15.9 Å². The van der Waals surface area contributed by atoms with Crippen LogP contribution in [0.2, 0.25) is 5.02 Å². The van der Waals surface area contributed by atoms with E-state index in [4.69, 9.17) is 16.2 Å². The smallest absolute Gasteiger partial charge is 0.316 e. The number of hydrogen-bond acceptors (Lipinski definition) is 5. The number of carbonyl (C=O) groups is 1. The Balaban J connectivity index is 0.000000320. The Labute approximate surface area is 234 Å². The molecule has 0 aliphatic heterocycles. The zero-order chi connectivity index (χ0) is 28.6. The molecule has 0 saturated heterocycles. The van der Waals surface area contributed by atoms with E-state index in [0.29, 0.717) is 12.0 Å². The Morgan fingerprint density at radius 1 is 0.923 bits per heavy atom. The van der Waals surface area contributed by atoms with Crippen molar-refractivity contribution in [1.82, 2.24) is 14.5 Å². The van der Waals surface area contributed by atoms with Gasteiger partial charge in [0.2, 0.25) is 0 Å². The van der Waals surface area contributed by atoms with Crippen LogP contribution in [0.1, 0.15) is 40.7 Å². The van der Waals surface area contributed by atoms with Crippen molar-refractivity contribution in [3.05, 3.63) is 98.9 Å². The van der Waals surface area contributed by atoms with Crippen LogP contribution in [-0.4, -0.2) is 41.0 Å². The summed E-state index contributed by atoms with van der Waals surface area (Å²) in [6, 6.07) is 19.4. The number of benzene rings is 3. The van der Waals surface area contributed by atoms with E-state index in [-0.39, 0.29) is 16.4 Å². The third kappa shape index (κ3) is 8.37. The van der Waals surface area contributed by atoms with Crippen LogP contribution in [-0.2, 0) is 30.6 Å². The lowest BCUT2D eigenvalue weighted by atomic mass is 10.0. The zero-order valence-electron chi connectivity index (χ0n) is 22.4. The number of imidazole rings is 1. The Morgan fingerprint density at radius 2 is 1.59 bits per heavy atom. The third-order valence-corrected chi connectivity index (χ3v) is 7.69. The lowest BCUT2D eigenvalue weighted by Crippen LogP contribution is -2.19. The van der Waals surface area contributed by atoms with E-state index in [2.05, 4.69) is 5.32 Å². The molecule has 4 aromatic rings. The summed E-state index contributed by atoms with van der Waals surface area (Å²) in [5.41, 5.74) is 4.32. The van der Waals surface area contributed by atoms with Gasteiger partial charge in [-0.15, -0.1) is 0 Å². The van der Waals surface area contributed by atoms with Crippen LogP contribution in [0.5, 0.6) is 0 Å². The first-order valence-corrected chi connectivity index (χ1v) is 14.5. The normalized spacial score (nSPS) is 11.3. The summed E-state index contributed by atoms with van der Waals surface area (Å²) in [6.07, 6.45) is 3.19. The van der Waals surface area contributed by atoms with E-state index < -0.39 is 10.1 Å². The van der Waals surface area contributed by atoms with Gasteiger partial charge in [0.1, 0.15) is 0 Å². The number of aryl methyl sites for hydroxylation is 3. The van der Waals surface area contributed by atoms with Crippen molar-refractivity contribution >= 4 is 38.5 Å². The van der Waals surface area contributed by atoms with Gasteiger partial charge in [0, 0.05) is 31.1 Å². The number of aromatic nitrogens is 2. The second-order valence-electron chi connectivity index (χ2n) is 9.36. The maximum absolute atomic E-state index is 12.5. The maximum Gasteiger partial charge on any atom is 0.328 e. The lowest BCUT2D eigenvalue weighted by Gasteiger charge is -2.06. The van der Waals surface area contributed by atoms with Gasteiger partial charge in [-0.05, 0) is 81.2 Å². The molecule has 0 fully saturated rings. The number of rotatable bonds is 10. The largest absolute Gasteiger partial charge is 0.328 e. The number of carbonyl (C=O) groups excluding carboxylic acids is 1. The number of Topliss-reactive ketones (excluding diaryl/α,β-unsaturated/α-hetero) is 1. The Bertz CT molecular complexity index is 1590. The molecule has 10 heteroatoms. The number of halogens is 1. The molecule has 0 bridgehead atoms. The minimum atomic E-state index is -4.02. The van der Waals surface area contributed by atoms with Gasteiger partial charge in [0.25, 0.3) is 10.1 Å². The Morgan fingerprint density at radius 3 is 2.26 bits per heavy atom. The highest BCUT2D eigenvalue weighted by molar-refractivity contribution is 7.85.